The molecule has 0 radical (unpaired) electrons. The number of rotatable bonds is 6. The number of hydrogen-bond donors (Lipinski definition) is 2. The van der Waals surface area contributed by atoms with Crippen molar-refractivity contribution in [2.45, 2.75) is 39.3 Å². The van der Waals surface area contributed by atoms with Crippen molar-refractivity contribution in [1.82, 2.24) is 24.3 Å². The van der Waals surface area contributed by atoms with Gasteiger partial charge in [0.2, 0.25) is 5.95 Å². The molecule has 0 spiro atoms. The van der Waals surface area contributed by atoms with Gasteiger partial charge < -0.3 is 15.2 Å². The Hall–Kier alpha value is -4.10. The average molecular weight is 459 g/mol. The standard InChI is InChI=1S/C24H22FN7O2/c1-3-20(33)23-27-9-15(13(2)31-23)17-11-29-24(32-12-30-19(8-26)22(17)32)28-10-16-14-6-7-34-21(14)5-4-18(16)25/h4-5,9,11-12,20,33H,3,6-7,10H2,1-2H3,(H,28,29). The molecule has 4 heterocycles. The van der Waals surface area contributed by atoms with E-state index < -0.39 is 6.10 Å². The number of anilines is 1. The van der Waals surface area contributed by atoms with Gasteiger partial charge in [0.05, 0.1) is 12.1 Å². The van der Waals surface area contributed by atoms with Crippen molar-refractivity contribution >= 4 is 11.5 Å². The molecule has 0 saturated carbocycles. The number of hydrogen-bond acceptors (Lipinski definition) is 8. The molecule has 1 aromatic carbocycles. The zero-order valence-corrected chi connectivity index (χ0v) is 18.7. The normalized spacial score (nSPS) is 13.4. The minimum absolute atomic E-state index is 0.200. The van der Waals surface area contributed by atoms with E-state index in [0.29, 0.717) is 64.9 Å². The summed E-state index contributed by atoms with van der Waals surface area (Å²) in [5.74, 6) is 1.16. The van der Waals surface area contributed by atoms with E-state index in [4.69, 9.17) is 4.74 Å². The summed E-state index contributed by atoms with van der Waals surface area (Å²) in [5.41, 5.74) is 4.10. The van der Waals surface area contributed by atoms with E-state index in [9.17, 15) is 14.8 Å². The highest BCUT2D eigenvalue weighted by molar-refractivity contribution is 5.84. The van der Waals surface area contributed by atoms with E-state index in [2.05, 4.69) is 31.3 Å². The summed E-state index contributed by atoms with van der Waals surface area (Å²) in [6, 6.07) is 5.17. The molecule has 0 amide bonds. The molecule has 1 atom stereocenters. The molecule has 0 saturated heterocycles. The maximum atomic E-state index is 14.6. The summed E-state index contributed by atoms with van der Waals surface area (Å²) in [7, 11) is 0. The number of nitrogens with zero attached hydrogens (tertiary/aromatic N) is 6. The Morgan fingerprint density at radius 1 is 1.26 bits per heavy atom. The van der Waals surface area contributed by atoms with E-state index in [1.54, 1.807) is 22.9 Å². The number of benzene rings is 1. The van der Waals surface area contributed by atoms with Gasteiger partial charge in [-0.1, -0.05) is 6.92 Å². The molecule has 34 heavy (non-hydrogen) atoms. The Kier molecular flexibility index (Phi) is 5.55. The van der Waals surface area contributed by atoms with E-state index in [1.807, 2.05) is 13.8 Å². The molecule has 5 rings (SSSR count). The van der Waals surface area contributed by atoms with Crippen LogP contribution in [0.3, 0.4) is 0 Å². The van der Waals surface area contributed by atoms with Crippen molar-refractivity contribution < 1.29 is 14.2 Å². The number of halogens is 1. The van der Waals surface area contributed by atoms with Gasteiger partial charge in [-0.2, -0.15) is 5.26 Å². The highest BCUT2D eigenvalue weighted by Crippen LogP contribution is 2.32. The molecular weight excluding hydrogens is 437 g/mol. The van der Waals surface area contributed by atoms with Gasteiger partial charge in [0.15, 0.2) is 11.5 Å². The molecule has 0 fully saturated rings. The third kappa shape index (κ3) is 3.60. The molecule has 1 aliphatic rings. The minimum Gasteiger partial charge on any atom is -0.493 e. The number of nitrogens with one attached hydrogen (secondary N) is 1. The first-order valence-corrected chi connectivity index (χ1v) is 11.0. The van der Waals surface area contributed by atoms with Crippen LogP contribution in [0.2, 0.25) is 0 Å². The van der Waals surface area contributed by atoms with Crippen LogP contribution in [0.1, 0.15) is 47.8 Å². The number of aryl methyl sites for hydroxylation is 1. The number of ether oxygens (including phenoxy) is 1. The van der Waals surface area contributed by atoms with E-state index in [-0.39, 0.29) is 18.1 Å². The average Bonchev–Trinajstić information content (AvgIpc) is 3.50. The molecule has 4 aromatic rings. The fraction of sp³-hybridized carbons (Fsp3) is 0.292. The first-order chi connectivity index (χ1) is 16.5. The predicted octanol–water partition coefficient (Wildman–Crippen LogP) is 3.50. The SMILES string of the molecule is CCC(O)c1ncc(-c2cnc(NCc3c(F)ccc4c3CCO4)n3cnc(C#N)c23)c(C)n1. The van der Waals surface area contributed by atoms with Crippen LogP contribution < -0.4 is 10.1 Å². The molecule has 2 N–H and O–H groups in total. The van der Waals surface area contributed by atoms with Crippen LogP contribution in [-0.2, 0) is 13.0 Å². The lowest BCUT2D eigenvalue weighted by molar-refractivity contribution is 0.163. The summed E-state index contributed by atoms with van der Waals surface area (Å²) in [6.07, 6.45) is 5.16. The molecule has 3 aromatic heterocycles. The molecular formula is C24H22FN7O2. The molecule has 1 aliphatic heterocycles. The summed E-state index contributed by atoms with van der Waals surface area (Å²) in [5, 5.41) is 22.9. The molecule has 172 valence electrons. The number of fused-ring (bicyclic) bond motifs is 2. The zero-order chi connectivity index (χ0) is 23.8. The van der Waals surface area contributed by atoms with Crippen molar-refractivity contribution in [3.05, 3.63) is 65.0 Å². The summed E-state index contributed by atoms with van der Waals surface area (Å²) in [6.45, 7) is 4.40. The maximum Gasteiger partial charge on any atom is 0.209 e. The van der Waals surface area contributed by atoms with Crippen LogP contribution in [0.4, 0.5) is 10.3 Å². The second kappa shape index (κ2) is 8.68. The predicted molar refractivity (Wildman–Crippen MR) is 122 cm³/mol. The monoisotopic (exact) mass is 459 g/mol. The van der Waals surface area contributed by atoms with Crippen LogP contribution in [-0.4, -0.2) is 36.1 Å². The number of aromatic nitrogens is 5. The quantitative estimate of drug-likeness (QED) is 0.449. The van der Waals surface area contributed by atoms with Gasteiger partial charge in [0.25, 0.3) is 0 Å². The van der Waals surface area contributed by atoms with Crippen molar-refractivity contribution in [2.75, 3.05) is 11.9 Å². The number of nitriles is 1. The van der Waals surface area contributed by atoms with Crippen LogP contribution in [0.25, 0.3) is 16.6 Å². The third-order valence-corrected chi connectivity index (χ3v) is 6.01. The van der Waals surface area contributed by atoms with Gasteiger partial charge in [-0.05, 0) is 25.5 Å². The van der Waals surface area contributed by atoms with Gasteiger partial charge in [-0.3, -0.25) is 4.40 Å². The Labute approximate surface area is 194 Å². The molecule has 9 nitrogen and oxygen atoms in total. The van der Waals surface area contributed by atoms with Gasteiger partial charge in [0.1, 0.15) is 30.1 Å². The fourth-order valence-corrected chi connectivity index (χ4v) is 4.19. The minimum atomic E-state index is -0.743. The first kappa shape index (κ1) is 21.7. The topological polar surface area (TPSA) is 121 Å². The third-order valence-electron chi connectivity index (χ3n) is 6.01. The maximum absolute atomic E-state index is 14.6. The van der Waals surface area contributed by atoms with Crippen LogP contribution in [0, 0.1) is 24.1 Å². The Bertz CT molecular complexity index is 1440. The van der Waals surface area contributed by atoms with Crippen LogP contribution >= 0.6 is 0 Å². The van der Waals surface area contributed by atoms with Gasteiger partial charge >= 0.3 is 0 Å². The van der Waals surface area contributed by atoms with Gasteiger partial charge in [0, 0.05) is 53.3 Å². The van der Waals surface area contributed by atoms with Crippen molar-refractivity contribution in [3.8, 4) is 22.9 Å². The highest BCUT2D eigenvalue weighted by atomic mass is 19.1. The largest absolute Gasteiger partial charge is 0.493 e. The van der Waals surface area contributed by atoms with E-state index >= 15 is 0 Å². The number of aliphatic hydroxyl groups is 1. The Balaban J connectivity index is 1.54. The lowest BCUT2D eigenvalue weighted by Gasteiger charge is -2.14. The second-order valence-electron chi connectivity index (χ2n) is 8.03. The van der Waals surface area contributed by atoms with Crippen LogP contribution in [0.15, 0.2) is 30.9 Å². The number of imidazole rings is 1. The molecule has 10 heteroatoms. The first-order valence-electron chi connectivity index (χ1n) is 11.0. The summed E-state index contributed by atoms with van der Waals surface area (Å²) < 4.78 is 21.8. The lowest BCUT2D eigenvalue weighted by atomic mass is 10.0. The van der Waals surface area contributed by atoms with Crippen molar-refractivity contribution in [3.63, 3.8) is 0 Å². The smallest absolute Gasteiger partial charge is 0.209 e. The van der Waals surface area contributed by atoms with Crippen molar-refractivity contribution in [1.29, 1.82) is 5.26 Å². The number of aliphatic hydroxyl groups excluding tert-OH is 1. The lowest BCUT2D eigenvalue weighted by Crippen LogP contribution is -2.10. The second-order valence-corrected chi connectivity index (χ2v) is 8.03. The summed E-state index contributed by atoms with van der Waals surface area (Å²) >= 11 is 0. The molecule has 0 bridgehead atoms. The van der Waals surface area contributed by atoms with Gasteiger partial charge in [-0.25, -0.2) is 24.3 Å². The van der Waals surface area contributed by atoms with E-state index in [0.717, 1.165) is 5.56 Å². The highest BCUT2D eigenvalue weighted by Gasteiger charge is 2.21. The Morgan fingerprint density at radius 3 is 2.85 bits per heavy atom. The van der Waals surface area contributed by atoms with Crippen LogP contribution in [0.5, 0.6) is 5.75 Å². The molecule has 0 aliphatic carbocycles. The zero-order valence-electron chi connectivity index (χ0n) is 18.7. The fourth-order valence-electron chi connectivity index (χ4n) is 4.19. The summed E-state index contributed by atoms with van der Waals surface area (Å²) in [4.78, 5) is 17.5. The van der Waals surface area contributed by atoms with E-state index in [1.165, 1.54) is 12.4 Å². The molecule has 1 unspecified atom stereocenters. The van der Waals surface area contributed by atoms with Gasteiger partial charge in [-0.15, -0.1) is 0 Å². The Morgan fingerprint density at radius 2 is 2.09 bits per heavy atom. The van der Waals surface area contributed by atoms with Crippen molar-refractivity contribution in [2.24, 2.45) is 0 Å².